The average Bonchev–Trinajstić information content (AvgIpc) is 3.16. The maximum Gasteiger partial charge on any atom is 0.410 e. The van der Waals surface area contributed by atoms with Crippen LogP contribution < -0.4 is 5.32 Å². The highest BCUT2D eigenvalue weighted by atomic mass is 16.6. The number of likely N-dealkylation sites (tertiary alicyclic amines) is 1. The molecule has 1 saturated carbocycles. The van der Waals surface area contributed by atoms with Gasteiger partial charge in [0.1, 0.15) is 11.6 Å². The minimum absolute atomic E-state index is 0.0572. The normalized spacial score (nSPS) is 22.2. The number of carbonyl (C=O) groups is 2. The molecule has 2 fully saturated rings. The molecule has 0 spiro atoms. The third-order valence-electron chi connectivity index (χ3n) is 4.90. The van der Waals surface area contributed by atoms with Crippen LogP contribution in [0, 0.1) is 0 Å². The third kappa shape index (κ3) is 5.36. The summed E-state index contributed by atoms with van der Waals surface area (Å²) >= 11 is 0. The van der Waals surface area contributed by atoms with Crippen LogP contribution in [0.25, 0.3) is 0 Å². The van der Waals surface area contributed by atoms with Crippen molar-refractivity contribution in [2.45, 2.75) is 77.0 Å². The van der Waals surface area contributed by atoms with Gasteiger partial charge >= 0.3 is 6.09 Å². The fraction of sp³-hybridized carbons (Fsp3) is 0.889. The second kappa shape index (κ2) is 8.19. The third-order valence-corrected chi connectivity index (χ3v) is 4.90. The molecule has 1 unspecified atom stereocenters. The molecule has 2 aliphatic rings. The molecule has 0 aromatic carbocycles. The van der Waals surface area contributed by atoms with Gasteiger partial charge in [0.05, 0.1) is 0 Å². The first kappa shape index (κ1) is 19.0. The maximum absolute atomic E-state index is 12.4. The molecule has 1 heterocycles. The van der Waals surface area contributed by atoms with E-state index in [0.717, 1.165) is 13.0 Å². The summed E-state index contributed by atoms with van der Waals surface area (Å²) in [6, 6.07) is 0.267. The second-order valence-electron chi connectivity index (χ2n) is 8.04. The van der Waals surface area contributed by atoms with Crippen molar-refractivity contribution in [2.75, 3.05) is 26.7 Å². The van der Waals surface area contributed by atoms with Crippen molar-refractivity contribution in [1.82, 2.24) is 15.1 Å². The van der Waals surface area contributed by atoms with Crippen molar-refractivity contribution < 1.29 is 14.3 Å². The van der Waals surface area contributed by atoms with Crippen LogP contribution in [0.4, 0.5) is 4.79 Å². The van der Waals surface area contributed by atoms with Gasteiger partial charge in [-0.25, -0.2) is 4.79 Å². The zero-order valence-corrected chi connectivity index (χ0v) is 15.6. The van der Waals surface area contributed by atoms with Crippen LogP contribution in [0.2, 0.25) is 0 Å². The van der Waals surface area contributed by atoms with Gasteiger partial charge in [-0.1, -0.05) is 12.8 Å². The zero-order valence-electron chi connectivity index (χ0n) is 15.6. The van der Waals surface area contributed by atoms with E-state index in [1.807, 2.05) is 20.8 Å². The first-order valence-corrected chi connectivity index (χ1v) is 9.25. The molecule has 2 rings (SSSR count). The van der Waals surface area contributed by atoms with Gasteiger partial charge in [-0.3, -0.25) is 9.69 Å². The summed E-state index contributed by atoms with van der Waals surface area (Å²) in [5.74, 6) is -0.0572. The van der Waals surface area contributed by atoms with Gasteiger partial charge in [0.15, 0.2) is 0 Å². The van der Waals surface area contributed by atoms with E-state index in [1.54, 1.807) is 4.90 Å². The fourth-order valence-electron chi connectivity index (χ4n) is 3.58. The molecular weight excluding hydrogens is 306 g/mol. The molecular formula is C18H33N3O3. The smallest absolute Gasteiger partial charge is 0.410 e. The largest absolute Gasteiger partial charge is 0.444 e. The number of carbonyl (C=O) groups excluding carboxylic acids is 2. The lowest BCUT2D eigenvalue weighted by Gasteiger charge is -2.28. The van der Waals surface area contributed by atoms with E-state index in [1.165, 1.54) is 25.7 Å². The summed E-state index contributed by atoms with van der Waals surface area (Å²) in [6.07, 6.45) is 6.33. The van der Waals surface area contributed by atoms with Gasteiger partial charge in [0.25, 0.3) is 0 Å². The Balaban J connectivity index is 1.77. The number of likely N-dealkylation sites (N-methyl/N-ethyl adjacent to an activating group) is 1. The molecule has 1 saturated heterocycles. The van der Waals surface area contributed by atoms with E-state index >= 15 is 0 Å². The first-order chi connectivity index (χ1) is 11.3. The minimum atomic E-state index is -0.537. The SMILES string of the molecule is CN(CCNC(=O)C1CCCN1C(=O)OC(C)(C)C)C1CCCC1. The average molecular weight is 339 g/mol. The molecule has 1 aliphatic heterocycles. The summed E-state index contributed by atoms with van der Waals surface area (Å²) in [5.41, 5.74) is -0.537. The maximum atomic E-state index is 12.4. The molecule has 1 aliphatic carbocycles. The topological polar surface area (TPSA) is 61.9 Å². The molecule has 1 N–H and O–H groups in total. The van der Waals surface area contributed by atoms with Crippen LogP contribution in [-0.4, -0.2) is 66.2 Å². The highest BCUT2D eigenvalue weighted by Crippen LogP contribution is 2.22. The van der Waals surface area contributed by atoms with E-state index in [9.17, 15) is 9.59 Å². The number of hydrogen-bond donors (Lipinski definition) is 1. The monoisotopic (exact) mass is 339 g/mol. The number of rotatable bonds is 5. The Hall–Kier alpha value is -1.30. The number of ether oxygens (including phenoxy) is 1. The standard InChI is InChI=1S/C18H33N3O3/c1-18(2,3)24-17(23)21-12-7-10-15(21)16(22)19-11-13-20(4)14-8-5-6-9-14/h14-15H,5-13H2,1-4H3,(H,19,22). The van der Waals surface area contributed by atoms with Gasteiger partial charge < -0.3 is 15.0 Å². The van der Waals surface area contributed by atoms with E-state index in [2.05, 4.69) is 17.3 Å². The summed E-state index contributed by atoms with van der Waals surface area (Å²) in [7, 11) is 2.13. The van der Waals surface area contributed by atoms with Crippen LogP contribution in [0.5, 0.6) is 0 Å². The van der Waals surface area contributed by atoms with Crippen molar-refractivity contribution in [2.24, 2.45) is 0 Å². The van der Waals surface area contributed by atoms with E-state index in [0.29, 0.717) is 25.6 Å². The quantitative estimate of drug-likeness (QED) is 0.835. The molecule has 0 aromatic rings. The van der Waals surface area contributed by atoms with E-state index in [-0.39, 0.29) is 12.0 Å². The van der Waals surface area contributed by atoms with Crippen molar-refractivity contribution >= 4 is 12.0 Å². The predicted molar refractivity (Wildman–Crippen MR) is 93.9 cm³/mol. The lowest BCUT2D eigenvalue weighted by Crippen LogP contribution is -2.48. The van der Waals surface area contributed by atoms with Crippen molar-refractivity contribution in [3.8, 4) is 0 Å². The molecule has 138 valence electrons. The summed E-state index contributed by atoms with van der Waals surface area (Å²) in [6.45, 7) is 7.60. The van der Waals surface area contributed by atoms with Gasteiger partial charge in [-0.05, 0) is 53.5 Å². The number of hydrogen-bond acceptors (Lipinski definition) is 4. The fourth-order valence-corrected chi connectivity index (χ4v) is 3.58. The molecule has 6 heteroatoms. The molecule has 6 nitrogen and oxygen atoms in total. The van der Waals surface area contributed by atoms with E-state index in [4.69, 9.17) is 4.74 Å². The van der Waals surface area contributed by atoms with Crippen molar-refractivity contribution in [3.63, 3.8) is 0 Å². The number of nitrogens with zero attached hydrogens (tertiary/aromatic N) is 2. The molecule has 0 radical (unpaired) electrons. The van der Waals surface area contributed by atoms with Crippen LogP contribution in [0.3, 0.4) is 0 Å². The van der Waals surface area contributed by atoms with Gasteiger partial charge in [-0.15, -0.1) is 0 Å². The molecule has 1 atom stereocenters. The lowest BCUT2D eigenvalue weighted by molar-refractivity contribution is -0.125. The van der Waals surface area contributed by atoms with Gasteiger partial charge in [-0.2, -0.15) is 0 Å². The van der Waals surface area contributed by atoms with E-state index < -0.39 is 11.6 Å². The predicted octanol–water partition coefficient (Wildman–Crippen LogP) is 2.38. The molecule has 24 heavy (non-hydrogen) atoms. The summed E-state index contributed by atoms with van der Waals surface area (Å²) in [4.78, 5) is 28.6. The number of amides is 2. The summed E-state index contributed by atoms with van der Waals surface area (Å²) in [5, 5.41) is 3.00. The van der Waals surface area contributed by atoms with Crippen molar-refractivity contribution in [1.29, 1.82) is 0 Å². The Labute approximate surface area is 145 Å². The minimum Gasteiger partial charge on any atom is -0.444 e. The zero-order chi connectivity index (χ0) is 17.7. The Bertz CT molecular complexity index is 441. The Morgan fingerprint density at radius 3 is 2.46 bits per heavy atom. The Morgan fingerprint density at radius 2 is 1.83 bits per heavy atom. The van der Waals surface area contributed by atoms with Crippen molar-refractivity contribution in [3.05, 3.63) is 0 Å². The summed E-state index contributed by atoms with van der Waals surface area (Å²) < 4.78 is 5.41. The second-order valence-corrected chi connectivity index (χ2v) is 8.04. The highest BCUT2D eigenvalue weighted by Gasteiger charge is 2.36. The lowest BCUT2D eigenvalue weighted by atomic mass is 10.2. The molecule has 0 bridgehead atoms. The van der Waals surface area contributed by atoms with Gasteiger partial charge in [0, 0.05) is 25.7 Å². The Kier molecular flexibility index (Phi) is 6.49. The Morgan fingerprint density at radius 1 is 1.17 bits per heavy atom. The van der Waals surface area contributed by atoms with Gasteiger partial charge in [0.2, 0.25) is 5.91 Å². The van der Waals surface area contributed by atoms with Crippen LogP contribution >= 0.6 is 0 Å². The van der Waals surface area contributed by atoms with Crippen LogP contribution in [0.15, 0.2) is 0 Å². The molecule has 0 aromatic heterocycles. The van der Waals surface area contributed by atoms with Crippen LogP contribution in [0.1, 0.15) is 59.3 Å². The number of nitrogens with one attached hydrogen (secondary N) is 1. The highest BCUT2D eigenvalue weighted by molar-refractivity contribution is 5.86. The molecule has 2 amide bonds. The van der Waals surface area contributed by atoms with Crippen LogP contribution in [-0.2, 0) is 9.53 Å². The first-order valence-electron chi connectivity index (χ1n) is 9.25.